The molecule has 3 rings (SSSR count). The molecule has 1 heterocycles. The number of rotatable bonds is 6. The van der Waals surface area contributed by atoms with Gasteiger partial charge in [-0.25, -0.2) is 0 Å². The Hall–Kier alpha value is -1.59. The van der Waals surface area contributed by atoms with Crippen LogP contribution in [0.3, 0.4) is 0 Å². The van der Waals surface area contributed by atoms with Crippen LogP contribution < -0.4 is 5.32 Å². The lowest BCUT2D eigenvalue weighted by Crippen LogP contribution is -2.38. The van der Waals surface area contributed by atoms with E-state index in [1.807, 2.05) is 36.4 Å². The molecule has 1 aliphatic rings. The Morgan fingerprint density at radius 2 is 1.96 bits per heavy atom. The molecule has 0 aromatic heterocycles. The largest absolute Gasteiger partial charge is 0.392 e. The molecule has 0 aliphatic carbocycles. The molecule has 1 aliphatic heterocycles. The molecule has 6 heteroatoms. The van der Waals surface area contributed by atoms with Crippen molar-refractivity contribution in [3.63, 3.8) is 0 Å². The number of nitrogens with one attached hydrogen (secondary N) is 1. The van der Waals surface area contributed by atoms with Crippen LogP contribution >= 0.6 is 23.2 Å². The first-order chi connectivity index (χ1) is 12.5. The number of amides is 1. The van der Waals surface area contributed by atoms with E-state index < -0.39 is 0 Å². The molecule has 26 heavy (non-hydrogen) atoms. The van der Waals surface area contributed by atoms with Crippen molar-refractivity contribution in [3.05, 3.63) is 69.7 Å². The third kappa shape index (κ3) is 5.21. The van der Waals surface area contributed by atoms with Crippen LogP contribution in [0.4, 0.5) is 0 Å². The van der Waals surface area contributed by atoms with Crippen molar-refractivity contribution in [2.24, 2.45) is 0 Å². The predicted octanol–water partition coefficient (Wildman–Crippen LogP) is 3.46. The van der Waals surface area contributed by atoms with E-state index in [4.69, 9.17) is 23.2 Å². The van der Waals surface area contributed by atoms with E-state index in [9.17, 15) is 9.90 Å². The number of nitrogens with zero attached hydrogens (tertiary/aromatic N) is 1. The highest BCUT2D eigenvalue weighted by Gasteiger charge is 2.24. The average Bonchev–Trinajstić information content (AvgIpc) is 3.03. The minimum Gasteiger partial charge on any atom is -0.392 e. The Bertz CT molecular complexity index is 755. The quantitative estimate of drug-likeness (QED) is 0.791. The monoisotopic (exact) mass is 392 g/mol. The highest BCUT2D eigenvalue weighted by molar-refractivity contribution is 6.42. The second-order valence-electron chi connectivity index (χ2n) is 6.66. The van der Waals surface area contributed by atoms with Crippen molar-refractivity contribution < 1.29 is 9.90 Å². The summed E-state index contributed by atoms with van der Waals surface area (Å²) < 4.78 is 0. The first-order valence-electron chi connectivity index (χ1n) is 8.70. The standard InChI is InChI=1S/C20H22Cl2N2O2/c21-17-7-6-14(10-18(17)22)11-20(26)23-19(15-4-2-1-3-5-15)13-24-9-8-16(25)12-24/h1-7,10,16,19,25H,8-9,11-13H2,(H,23,26)/t16-,19+/m0/s1. The first kappa shape index (κ1) is 19.2. The summed E-state index contributed by atoms with van der Waals surface area (Å²) in [6.07, 6.45) is 0.736. The Kier molecular flexibility index (Phi) is 6.54. The number of benzene rings is 2. The van der Waals surface area contributed by atoms with Crippen molar-refractivity contribution in [3.8, 4) is 0 Å². The van der Waals surface area contributed by atoms with E-state index in [2.05, 4.69) is 10.2 Å². The van der Waals surface area contributed by atoms with Gasteiger partial charge in [-0.05, 0) is 29.7 Å². The Morgan fingerprint density at radius 3 is 2.62 bits per heavy atom. The van der Waals surface area contributed by atoms with Crippen molar-refractivity contribution >= 4 is 29.1 Å². The normalized spacial score (nSPS) is 18.7. The van der Waals surface area contributed by atoms with Gasteiger partial charge in [0.2, 0.25) is 5.91 Å². The molecule has 2 atom stereocenters. The minimum atomic E-state index is -0.279. The average molecular weight is 393 g/mol. The molecule has 1 amide bonds. The highest BCUT2D eigenvalue weighted by atomic mass is 35.5. The van der Waals surface area contributed by atoms with Gasteiger partial charge in [-0.2, -0.15) is 0 Å². The number of halogens is 2. The fraction of sp³-hybridized carbons (Fsp3) is 0.350. The molecule has 0 saturated carbocycles. The maximum Gasteiger partial charge on any atom is 0.224 e. The molecule has 138 valence electrons. The number of aliphatic hydroxyl groups is 1. The Balaban J connectivity index is 1.68. The van der Waals surface area contributed by atoms with Gasteiger partial charge in [0.05, 0.1) is 28.6 Å². The van der Waals surface area contributed by atoms with Crippen molar-refractivity contribution in [1.82, 2.24) is 10.2 Å². The van der Waals surface area contributed by atoms with Crippen LogP contribution in [0.1, 0.15) is 23.6 Å². The van der Waals surface area contributed by atoms with Crippen LogP contribution in [0.2, 0.25) is 10.0 Å². The van der Waals surface area contributed by atoms with Gasteiger partial charge in [-0.15, -0.1) is 0 Å². The second-order valence-corrected chi connectivity index (χ2v) is 7.47. The molecule has 0 bridgehead atoms. The van der Waals surface area contributed by atoms with Crippen LogP contribution in [0.25, 0.3) is 0 Å². The molecule has 4 nitrogen and oxygen atoms in total. The van der Waals surface area contributed by atoms with E-state index in [1.54, 1.807) is 12.1 Å². The van der Waals surface area contributed by atoms with Gasteiger partial charge in [0.15, 0.2) is 0 Å². The molecule has 2 aromatic carbocycles. The van der Waals surface area contributed by atoms with Crippen LogP contribution in [-0.2, 0) is 11.2 Å². The summed E-state index contributed by atoms with van der Waals surface area (Å²) in [6.45, 7) is 2.16. The summed E-state index contributed by atoms with van der Waals surface area (Å²) in [5.41, 5.74) is 1.87. The predicted molar refractivity (Wildman–Crippen MR) is 105 cm³/mol. The van der Waals surface area contributed by atoms with E-state index in [0.29, 0.717) is 23.1 Å². The molecule has 0 unspecified atom stereocenters. The number of carbonyl (C=O) groups excluding carboxylic acids is 1. The summed E-state index contributed by atoms with van der Waals surface area (Å²) in [4.78, 5) is 14.8. The molecule has 2 aromatic rings. The van der Waals surface area contributed by atoms with Gasteiger partial charge in [-0.3, -0.25) is 9.69 Å². The lowest BCUT2D eigenvalue weighted by Gasteiger charge is -2.25. The Morgan fingerprint density at radius 1 is 1.19 bits per heavy atom. The fourth-order valence-electron chi connectivity index (χ4n) is 3.24. The van der Waals surface area contributed by atoms with Gasteiger partial charge in [0.25, 0.3) is 0 Å². The minimum absolute atomic E-state index is 0.0722. The molecule has 1 saturated heterocycles. The van der Waals surface area contributed by atoms with Gasteiger partial charge in [0.1, 0.15) is 0 Å². The van der Waals surface area contributed by atoms with Crippen LogP contribution in [0, 0.1) is 0 Å². The molecule has 2 N–H and O–H groups in total. The lowest BCUT2D eigenvalue weighted by atomic mass is 10.1. The smallest absolute Gasteiger partial charge is 0.224 e. The zero-order valence-corrected chi connectivity index (χ0v) is 15.9. The summed E-state index contributed by atoms with van der Waals surface area (Å²) >= 11 is 12.0. The Labute approximate surface area is 163 Å². The topological polar surface area (TPSA) is 52.6 Å². The zero-order valence-electron chi connectivity index (χ0n) is 14.4. The summed E-state index contributed by atoms with van der Waals surface area (Å²) in [5, 5.41) is 13.8. The lowest BCUT2D eigenvalue weighted by molar-refractivity contribution is -0.121. The zero-order chi connectivity index (χ0) is 18.5. The summed E-state index contributed by atoms with van der Waals surface area (Å²) in [6, 6.07) is 15.0. The maximum atomic E-state index is 12.6. The van der Waals surface area contributed by atoms with Crippen molar-refractivity contribution in [1.29, 1.82) is 0 Å². The first-order valence-corrected chi connectivity index (χ1v) is 9.45. The number of likely N-dealkylation sites (tertiary alicyclic amines) is 1. The molecular formula is C20H22Cl2N2O2. The van der Waals surface area contributed by atoms with Gasteiger partial charge in [0, 0.05) is 19.6 Å². The van der Waals surface area contributed by atoms with Crippen LogP contribution in [0.5, 0.6) is 0 Å². The van der Waals surface area contributed by atoms with E-state index in [0.717, 1.165) is 24.1 Å². The number of carbonyl (C=O) groups is 1. The molecule has 0 radical (unpaired) electrons. The second kappa shape index (κ2) is 8.87. The third-order valence-corrected chi connectivity index (χ3v) is 5.31. The highest BCUT2D eigenvalue weighted by Crippen LogP contribution is 2.23. The molecular weight excluding hydrogens is 371 g/mol. The van der Waals surface area contributed by atoms with E-state index in [-0.39, 0.29) is 24.5 Å². The van der Waals surface area contributed by atoms with Crippen molar-refractivity contribution in [2.45, 2.75) is 25.0 Å². The SMILES string of the molecule is O=C(Cc1ccc(Cl)c(Cl)c1)N[C@H](CN1CC[C@H](O)C1)c1ccccc1. The van der Waals surface area contributed by atoms with Crippen LogP contribution in [0.15, 0.2) is 48.5 Å². The number of hydrogen-bond acceptors (Lipinski definition) is 3. The number of β-amino-alcohol motifs (C(OH)–C–C–N with tert-alkyl or cyclic N) is 1. The third-order valence-electron chi connectivity index (χ3n) is 4.57. The van der Waals surface area contributed by atoms with Gasteiger partial charge < -0.3 is 10.4 Å². The molecule has 1 fully saturated rings. The maximum absolute atomic E-state index is 12.6. The fourth-order valence-corrected chi connectivity index (χ4v) is 3.56. The van der Waals surface area contributed by atoms with Crippen LogP contribution in [-0.4, -0.2) is 41.7 Å². The van der Waals surface area contributed by atoms with Gasteiger partial charge >= 0.3 is 0 Å². The number of hydrogen-bond donors (Lipinski definition) is 2. The molecule has 0 spiro atoms. The number of aliphatic hydroxyl groups excluding tert-OH is 1. The van der Waals surface area contributed by atoms with E-state index in [1.165, 1.54) is 0 Å². The summed E-state index contributed by atoms with van der Waals surface area (Å²) in [5.74, 6) is -0.0722. The van der Waals surface area contributed by atoms with Gasteiger partial charge in [-0.1, -0.05) is 59.6 Å². The van der Waals surface area contributed by atoms with Crippen molar-refractivity contribution in [2.75, 3.05) is 19.6 Å². The summed E-state index contributed by atoms with van der Waals surface area (Å²) in [7, 11) is 0. The van der Waals surface area contributed by atoms with E-state index >= 15 is 0 Å².